The van der Waals surface area contributed by atoms with Crippen LogP contribution in [0, 0.1) is 12.7 Å². The molecule has 1 amide bonds. The molecule has 0 fully saturated rings. The number of rotatable bonds is 5. The molecule has 0 aliphatic rings. The molecule has 1 heterocycles. The van der Waals surface area contributed by atoms with Crippen LogP contribution in [0.25, 0.3) is 5.69 Å². The summed E-state index contributed by atoms with van der Waals surface area (Å²) in [6.45, 7) is 1.92. The summed E-state index contributed by atoms with van der Waals surface area (Å²) in [7, 11) is 0. The number of benzene rings is 2. The summed E-state index contributed by atoms with van der Waals surface area (Å²) in [5.74, 6) is -0.247. The monoisotopic (exact) mass is 339 g/mol. The van der Waals surface area contributed by atoms with Gasteiger partial charge in [-0.25, -0.2) is 9.37 Å². The van der Waals surface area contributed by atoms with Gasteiger partial charge in [0, 0.05) is 18.9 Å². The number of nitrogens with zero attached hydrogens (tertiary/aromatic N) is 2. The van der Waals surface area contributed by atoms with Crippen molar-refractivity contribution in [3.05, 3.63) is 83.7 Å². The van der Waals surface area contributed by atoms with Gasteiger partial charge in [0.1, 0.15) is 11.6 Å². The molecule has 6 heteroatoms. The first kappa shape index (κ1) is 16.9. The van der Waals surface area contributed by atoms with Crippen LogP contribution < -0.4 is 5.32 Å². The van der Waals surface area contributed by atoms with Crippen LogP contribution in [0.15, 0.2) is 60.9 Å². The summed E-state index contributed by atoms with van der Waals surface area (Å²) in [6, 6.07) is 13.4. The van der Waals surface area contributed by atoms with Gasteiger partial charge in [0.05, 0.1) is 5.69 Å². The normalized spacial score (nSPS) is 12.0. The van der Waals surface area contributed by atoms with E-state index in [1.54, 1.807) is 66.3 Å². The van der Waals surface area contributed by atoms with E-state index in [9.17, 15) is 14.3 Å². The van der Waals surface area contributed by atoms with Gasteiger partial charge in [-0.3, -0.25) is 4.79 Å². The van der Waals surface area contributed by atoms with Crippen LogP contribution >= 0.6 is 0 Å². The zero-order chi connectivity index (χ0) is 17.8. The molecule has 0 radical (unpaired) electrons. The topological polar surface area (TPSA) is 67.2 Å². The molecule has 0 bridgehead atoms. The molecule has 1 atom stereocenters. The summed E-state index contributed by atoms with van der Waals surface area (Å²) < 4.78 is 16.0. The van der Waals surface area contributed by atoms with Crippen molar-refractivity contribution in [2.75, 3.05) is 0 Å². The fourth-order valence-electron chi connectivity index (χ4n) is 2.56. The Morgan fingerprint density at radius 1 is 1.28 bits per heavy atom. The molecule has 1 aromatic heterocycles. The molecule has 2 N–H and O–H groups in total. The average molecular weight is 339 g/mol. The zero-order valence-corrected chi connectivity index (χ0v) is 13.7. The number of hydrogen-bond donors (Lipinski definition) is 2. The van der Waals surface area contributed by atoms with E-state index in [-0.39, 0.29) is 6.54 Å². The van der Waals surface area contributed by atoms with Crippen LogP contribution in [0.5, 0.6) is 0 Å². The van der Waals surface area contributed by atoms with Crippen molar-refractivity contribution in [2.45, 2.75) is 19.6 Å². The summed E-state index contributed by atoms with van der Waals surface area (Å²) >= 11 is 0. The standard InChI is InChI=1S/C19H18FN3O2/c1-13-21-9-10-23(13)17-8-7-14(11-16(17)20)12-22-19(25)18(24)15-5-3-2-4-6-15/h2-11,18,24H,12H2,1H3,(H,22,25). The minimum absolute atomic E-state index is 0.128. The molecule has 5 nitrogen and oxygen atoms in total. The van der Waals surface area contributed by atoms with E-state index in [1.165, 1.54) is 6.07 Å². The minimum atomic E-state index is -1.25. The van der Waals surface area contributed by atoms with E-state index in [1.807, 2.05) is 0 Å². The molecule has 2 aromatic carbocycles. The van der Waals surface area contributed by atoms with E-state index in [4.69, 9.17) is 0 Å². The van der Waals surface area contributed by atoms with Crippen LogP contribution in [0.2, 0.25) is 0 Å². The van der Waals surface area contributed by atoms with Crippen LogP contribution in [-0.4, -0.2) is 20.6 Å². The largest absolute Gasteiger partial charge is 0.378 e. The number of hydrogen-bond acceptors (Lipinski definition) is 3. The Hall–Kier alpha value is -2.99. The first-order valence-corrected chi connectivity index (χ1v) is 7.86. The third-order valence-corrected chi connectivity index (χ3v) is 3.93. The Kier molecular flexibility index (Phi) is 4.90. The molecular weight excluding hydrogens is 321 g/mol. The second kappa shape index (κ2) is 7.27. The minimum Gasteiger partial charge on any atom is -0.378 e. The number of halogens is 1. The maximum absolute atomic E-state index is 14.3. The predicted octanol–water partition coefficient (Wildman–Crippen LogP) is 2.67. The van der Waals surface area contributed by atoms with Gasteiger partial charge in [0.2, 0.25) is 0 Å². The van der Waals surface area contributed by atoms with E-state index >= 15 is 0 Å². The number of aliphatic hydroxyl groups is 1. The maximum Gasteiger partial charge on any atom is 0.253 e. The number of aliphatic hydroxyl groups excluding tert-OH is 1. The highest BCUT2D eigenvalue weighted by Gasteiger charge is 2.16. The van der Waals surface area contributed by atoms with Crippen molar-refractivity contribution in [1.29, 1.82) is 0 Å². The summed E-state index contributed by atoms with van der Waals surface area (Å²) in [5.41, 5.74) is 1.51. The molecule has 25 heavy (non-hydrogen) atoms. The van der Waals surface area contributed by atoms with Crippen molar-refractivity contribution in [3.63, 3.8) is 0 Å². The number of nitrogens with one attached hydrogen (secondary N) is 1. The van der Waals surface area contributed by atoms with E-state index < -0.39 is 17.8 Å². The van der Waals surface area contributed by atoms with Gasteiger partial charge in [-0.05, 0) is 30.2 Å². The molecule has 0 aliphatic carbocycles. The van der Waals surface area contributed by atoms with Gasteiger partial charge in [-0.15, -0.1) is 0 Å². The van der Waals surface area contributed by atoms with Crippen molar-refractivity contribution >= 4 is 5.91 Å². The lowest BCUT2D eigenvalue weighted by molar-refractivity contribution is -0.129. The Balaban J connectivity index is 1.67. The molecule has 0 aliphatic heterocycles. The van der Waals surface area contributed by atoms with Crippen molar-refractivity contribution < 1.29 is 14.3 Å². The van der Waals surface area contributed by atoms with Gasteiger partial charge in [-0.2, -0.15) is 0 Å². The van der Waals surface area contributed by atoms with Gasteiger partial charge in [-0.1, -0.05) is 36.4 Å². The third kappa shape index (κ3) is 3.75. The SMILES string of the molecule is Cc1nccn1-c1ccc(CNC(=O)C(O)c2ccccc2)cc1F. The van der Waals surface area contributed by atoms with Crippen LogP contribution in [0.4, 0.5) is 4.39 Å². The molecule has 0 saturated carbocycles. The third-order valence-electron chi connectivity index (χ3n) is 3.93. The maximum atomic E-state index is 14.3. The quantitative estimate of drug-likeness (QED) is 0.751. The number of carbonyl (C=O) groups is 1. The van der Waals surface area contributed by atoms with Crippen LogP contribution in [-0.2, 0) is 11.3 Å². The highest BCUT2D eigenvalue weighted by molar-refractivity contribution is 5.81. The zero-order valence-electron chi connectivity index (χ0n) is 13.7. The highest BCUT2D eigenvalue weighted by Crippen LogP contribution is 2.17. The first-order valence-electron chi connectivity index (χ1n) is 7.86. The molecule has 0 saturated heterocycles. The highest BCUT2D eigenvalue weighted by atomic mass is 19.1. The molecule has 0 spiro atoms. The molecule has 128 valence electrons. The number of carbonyl (C=O) groups excluding carboxylic acids is 1. The van der Waals surface area contributed by atoms with Crippen molar-refractivity contribution in [2.24, 2.45) is 0 Å². The van der Waals surface area contributed by atoms with E-state index in [2.05, 4.69) is 10.3 Å². The number of aromatic nitrogens is 2. The van der Waals surface area contributed by atoms with Crippen molar-refractivity contribution in [1.82, 2.24) is 14.9 Å². The van der Waals surface area contributed by atoms with E-state index in [0.717, 1.165) is 0 Å². The Labute approximate surface area is 144 Å². The number of imidazole rings is 1. The van der Waals surface area contributed by atoms with Crippen molar-refractivity contribution in [3.8, 4) is 5.69 Å². The molecule has 1 unspecified atom stereocenters. The van der Waals surface area contributed by atoms with Gasteiger partial charge in [0.25, 0.3) is 5.91 Å². The van der Waals surface area contributed by atoms with Gasteiger partial charge >= 0.3 is 0 Å². The lowest BCUT2D eigenvalue weighted by atomic mass is 10.1. The van der Waals surface area contributed by atoms with Gasteiger partial charge in [0.15, 0.2) is 6.10 Å². The fourth-order valence-corrected chi connectivity index (χ4v) is 2.56. The number of aryl methyl sites for hydroxylation is 1. The smallest absolute Gasteiger partial charge is 0.253 e. The van der Waals surface area contributed by atoms with Gasteiger partial charge < -0.3 is 15.0 Å². The predicted molar refractivity (Wildman–Crippen MR) is 91.5 cm³/mol. The lowest BCUT2D eigenvalue weighted by Crippen LogP contribution is -2.28. The summed E-state index contributed by atoms with van der Waals surface area (Å²) in [4.78, 5) is 16.1. The molecular formula is C19H18FN3O2. The van der Waals surface area contributed by atoms with E-state index in [0.29, 0.717) is 22.6 Å². The second-order valence-electron chi connectivity index (χ2n) is 5.66. The second-order valence-corrected chi connectivity index (χ2v) is 5.66. The Morgan fingerprint density at radius 3 is 2.68 bits per heavy atom. The fraction of sp³-hybridized carbons (Fsp3) is 0.158. The Bertz CT molecular complexity index is 877. The molecule has 3 aromatic rings. The summed E-state index contributed by atoms with van der Waals surface area (Å²) in [5, 5.41) is 12.6. The number of amides is 1. The van der Waals surface area contributed by atoms with Crippen LogP contribution in [0.3, 0.4) is 0 Å². The molecule has 3 rings (SSSR count). The van der Waals surface area contributed by atoms with Crippen LogP contribution in [0.1, 0.15) is 23.1 Å². The average Bonchev–Trinajstić information content (AvgIpc) is 3.05. The Morgan fingerprint density at radius 2 is 2.04 bits per heavy atom. The lowest BCUT2D eigenvalue weighted by Gasteiger charge is -2.12. The first-order chi connectivity index (χ1) is 12.1. The summed E-state index contributed by atoms with van der Waals surface area (Å²) in [6.07, 6.45) is 2.04.